The van der Waals surface area contributed by atoms with Crippen LogP contribution in [0.4, 0.5) is 0 Å². The highest BCUT2D eigenvalue weighted by Gasteiger charge is 2.26. The number of rotatable bonds is 5. The van der Waals surface area contributed by atoms with Crippen LogP contribution < -0.4 is 14.8 Å². The van der Waals surface area contributed by atoms with E-state index in [4.69, 9.17) is 14.2 Å². The van der Waals surface area contributed by atoms with Crippen molar-refractivity contribution in [2.45, 2.75) is 20.3 Å². The minimum Gasteiger partial charge on any atom is -0.454 e. The summed E-state index contributed by atoms with van der Waals surface area (Å²) >= 11 is 0. The van der Waals surface area contributed by atoms with Crippen molar-refractivity contribution >= 4 is 17.8 Å². The number of fused-ring (bicyclic) bond motifs is 1. The average Bonchev–Trinajstić information content (AvgIpc) is 3.11. The minimum atomic E-state index is -0.657. The van der Waals surface area contributed by atoms with Crippen LogP contribution in [0.2, 0.25) is 0 Å². The summed E-state index contributed by atoms with van der Waals surface area (Å²) in [6.07, 6.45) is 1.09. The van der Waals surface area contributed by atoms with E-state index in [1.54, 1.807) is 23.1 Å². The highest BCUT2D eigenvalue weighted by atomic mass is 16.7. The lowest BCUT2D eigenvalue weighted by atomic mass is 9.92. The summed E-state index contributed by atoms with van der Waals surface area (Å²) in [4.78, 5) is 37.9. The van der Waals surface area contributed by atoms with Crippen molar-refractivity contribution < 1.29 is 28.6 Å². The molecule has 1 fully saturated rings. The Hall–Kier alpha value is -2.77. The normalized spacial score (nSPS) is 20.9. The van der Waals surface area contributed by atoms with Gasteiger partial charge < -0.3 is 24.4 Å². The quantitative estimate of drug-likeness (QED) is 0.776. The molecule has 2 atom stereocenters. The number of piperidine rings is 1. The molecular formula is C19H24N2O6. The third-order valence-electron chi connectivity index (χ3n) is 4.61. The maximum Gasteiger partial charge on any atom is 0.325 e. The number of hydrogen-bond acceptors (Lipinski definition) is 6. The molecule has 146 valence electrons. The summed E-state index contributed by atoms with van der Waals surface area (Å²) in [5.41, 5.74) is 0.347. The molecule has 0 bridgehead atoms. The van der Waals surface area contributed by atoms with E-state index in [1.807, 2.05) is 0 Å². The van der Waals surface area contributed by atoms with Gasteiger partial charge in [0.2, 0.25) is 6.79 Å². The van der Waals surface area contributed by atoms with E-state index in [1.165, 1.54) is 0 Å². The molecule has 1 saturated heterocycles. The molecule has 3 rings (SSSR count). The van der Waals surface area contributed by atoms with Gasteiger partial charge in [0.05, 0.1) is 0 Å². The highest BCUT2D eigenvalue weighted by Crippen LogP contribution is 2.32. The zero-order valence-corrected chi connectivity index (χ0v) is 15.5. The van der Waals surface area contributed by atoms with Gasteiger partial charge in [-0.25, -0.2) is 0 Å². The Morgan fingerprint density at radius 1 is 1.15 bits per heavy atom. The van der Waals surface area contributed by atoms with E-state index in [0.717, 1.165) is 6.42 Å². The number of nitrogens with one attached hydrogen (secondary N) is 1. The molecule has 27 heavy (non-hydrogen) atoms. The Bertz CT molecular complexity index is 725. The SMILES string of the molecule is C[C@@H]1C[C@H](C)CN(C(=O)COC(=O)CNC(=O)c2ccc3c(c2)OCO3)C1. The molecule has 2 aliphatic heterocycles. The van der Waals surface area contributed by atoms with Crippen LogP contribution in [-0.4, -0.2) is 55.7 Å². The van der Waals surface area contributed by atoms with Crippen molar-refractivity contribution in [1.82, 2.24) is 10.2 Å². The lowest BCUT2D eigenvalue weighted by molar-refractivity contribution is -0.152. The van der Waals surface area contributed by atoms with Crippen LogP contribution in [0.25, 0.3) is 0 Å². The van der Waals surface area contributed by atoms with E-state index in [9.17, 15) is 14.4 Å². The van der Waals surface area contributed by atoms with Crippen LogP contribution in [0.5, 0.6) is 11.5 Å². The van der Waals surface area contributed by atoms with Crippen LogP contribution in [-0.2, 0) is 14.3 Å². The Morgan fingerprint density at radius 3 is 2.59 bits per heavy atom. The zero-order valence-electron chi connectivity index (χ0n) is 15.5. The molecule has 2 amide bonds. The number of amides is 2. The molecule has 0 aromatic heterocycles. The zero-order chi connectivity index (χ0) is 19.4. The van der Waals surface area contributed by atoms with Gasteiger partial charge in [0.25, 0.3) is 11.8 Å². The Labute approximate surface area is 157 Å². The molecule has 1 aromatic carbocycles. The molecule has 2 aliphatic rings. The molecule has 1 aromatic rings. The van der Waals surface area contributed by atoms with Crippen LogP contribution in [0.15, 0.2) is 18.2 Å². The number of hydrogen-bond donors (Lipinski definition) is 1. The average molecular weight is 376 g/mol. The molecular weight excluding hydrogens is 352 g/mol. The van der Waals surface area contributed by atoms with Crippen molar-refractivity contribution in [2.24, 2.45) is 11.8 Å². The predicted octanol–water partition coefficient (Wildman–Crippen LogP) is 1.19. The Morgan fingerprint density at radius 2 is 1.85 bits per heavy atom. The second kappa shape index (κ2) is 8.28. The summed E-state index contributed by atoms with van der Waals surface area (Å²) < 4.78 is 15.4. The van der Waals surface area contributed by atoms with E-state index in [2.05, 4.69) is 19.2 Å². The molecule has 1 N–H and O–H groups in total. The van der Waals surface area contributed by atoms with E-state index in [0.29, 0.717) is 42.0 Å². The molecule has 0 saturated carbocycles. The number of esters is 1. The second-order valence-corrected chi connectivity index (χ2v) is 7.16. The molecule has 0 spiro atoms. The first kappa shape index (κ1) is 19.0. The van der Waals surface area contributed by atoms with Gasteiger partial charge >= 0.3 is 5.97 Å². The van der Waals surface area contributed by atoms with Gasteiger partial charge in [-0.15, -0.1) is 0 Å². The molecule has 0 radical (unpaired) electrons. The van der Waals surface area contributed by atoms with Gasteiger partial charge in [-0.1, -0.05) is 13.8 Å². The van der Waals surface area contributed by atoms with Crippen molar-refractivity contribution in [2.75, 3.05) is 33.0 Å². The van der Waals surface area contributed by atoms with Gasteiger partial charge in [0.1, 0.15) is 6.54 Å². The number of nitrogens with zero attached hydrogens (tertiary/aromatic N) is 1. The predicted molar refractivity (Wildman–Crippen MR) is 95.4 cm³/mol. The van der Waals surface area contributed by atoms with Crippen LogP contribution in [0.1, 0.15) is 30.6 Å². The first-order chi connectivity index (χ1) is 12.9. The molecule has 0 aliphatic carbocycles. The van der Waals surface area contributed by atoms with E-state index >= 15 is 0 Å². The second-order valence-electron chi connectivity index (χ2n) is 7.16. The fourth-order valence-electron chi connectivity index (χ4n) is 3.44. The first-order valence-electron chi connectivity index (χ1n) is 9.03. The lowest BCUT2D eigenvalue weighted by Crippen LogP contribution is -2.44. The lowest BCUT2D eigenvalue weighted by Gasteiger charge is -2.34. The van der Waals surface area contributed by atoms with Crippen molar-refractivity contribution in [1.29, 1.82) is 0 Å². The van der Waals surface area contributed by atoms with Gasteiger partial charge in [-0.05, 0) is 36.5 Å². The summed E-state index contributed by atoms with van der Waals surface area (Å²) in [7, 11) is 0. The standard InChI is InChI=1S/C19H24N2O6/c1-12-5-13(2)9-21(8-12)17(22)10-25-18(23)7-20-19(24)14-3-4-15-16(6-14)27-11-26-15/h3-4,6,12-13H,5,7-11H2,1-2H3,(H,20,24)/t12-,13+. The number of carbonyl (C=O) groups is 3. The molecule has 8 heteroatoms. The first-order valence-corrected chi connectivity index (χ1v) is 9.03. The summed E-state index contributed by atoms with van der Waals surface area (Å²) in [6.45, 7) is 5.07. The summed E-state index contributed by atoms with van der Waals surface area (Å²) in [5, 5.41) is 2.47. The molecule has 8 nitrogen and oxygen atoms in total. The number of likely N-dealkylation sites (tertiary alicyclic amines) is 1. The van der Waals surface area contributed by atoms with Gasteiger partial charge in [-0.2, -0.15) is 0 Å². The van der Waals surface area contributed by atoms with Crippen LogP contribution in [0, 0.1) is 11.8 Å². The minimum absolute atomic E-state index is 0.120. The Kier molecular flexibility index (Phi) is 5.83. The third-order valence-corrected chi connectivity index (χ3v) is 4.61. The fraction of sp³-hybridized carbons (Fsp3) is 0.526. The van der Waals surface area contributed by atoms with E-state index < -0.39 is 11.9 Å². The summed E-state index contributed by atoms with van der Waals surface area (Å²) in [5.74, 6) is 0.644. The highest BCUT2D eigenvalue weighted by molar-refractivity contribution is 5.96. The van der Waals surface area contributed by atoms with E-state index in [-0.39, 0.29) is 25.9 Å². The smallest absolute Gasteiger partial charge is 0.325 e. The van der Waals surface area contributed by atoms with Gasteiger partial charge in [0, 0.05) is 18.7 Å². The van der Waals surface area contributed by atoms with Crippen molar-refractivity contribution in [3.8, 4) is 11.5 Å². The molecule has 2 heterocycles. The van der Waals surface area contributed by atoms with Crippen LogP contribution >= 0.6 is 0 Å². The number of ether oxygens (including phenoxy) is 3. The third kappa shape index (κ3) is 4.90. The number of benzene rings is 1. The molecule has 0 unspecified atom stereocenters. The maximum atomic E-state index is 12.2. The van der Waals surface area contributed by atoms with Gasteiger partial charge in [-0.3, -0.25) is 14.4 Å². The fourth-order valence-corrected chi connectivity index (χ4v) is 3.44. The Balaban J connectivity index is 1.41. The topological polar surface area (TPSA) is 94.2 Å². The van der Waals surface area contributed by atoms with Crippen molar-refractivity contribution in [3.63, 3.8) is 0 Å². The van der Waals surface area contributed by atoms with Crippen LogP contribution in [0.3, 0.4) is 0 Å². The number of carbonyl (C=O) groups excluding carboxylic acids is 3. The summed E-state index contributed by atoms with van der Waals surface area (Å²) in [6, 6.07) is 4.76. The monoisotopic (exact) mass is 376 g/mol. The van der Waals surface area contributed by atoms with Gasteiger partial charge in [0.15, 0.2) is 18.1 Å². The van der Waals surface area contributed by atoms with Crippen molar-refractivity contribution in [3.05, 3.63) is 23.8 Å². The maximum absolute atomic E-state index is 12.2. The largest absolute Gasteiger partial charge is 0.454 e.